The molecule has 5 aliphatic carbocycles. The monoisotopic (exact) mass is 582 g/mol. The molecule has 0 aromatic heterocycles. The molecular formula is C36H52Cl2N2. The van der Waals surface area contributed by atoms with Crippen LogP contribution in [-0.2, 0) is 5.41 Å². The van der Waals surface area contributed by atoms with Gasteiger partial charge in [0.15, 0.2) is 0 Å². The van der Waals surface area contributed by atoms with Gasteiger partial charge in [-0.15, -0.1) is 24.8 Å². The first-order valence-corrected chi connectivity index (χ1v) is 16.3. The SMILES string of the molecule is Cl.Cl.c1ccc(C(CCCN2CCN(C3CCCCC3)CC2)(c2ccccc2)C23CC4CC(CC(C4)C2)C3)cc1. The molecule has 0 atom stereocenters. The molecule has 6 aliphatic rings. The average molecular weight is 584 g/mol. The summed E-state index contributed by atoms with van der Waals surface area (Å²) in [7, 11) is 0. The van der Waals surface area contributed by atoms with E-state index in [2.05, 4.69) is 70.5 Å². The second-order valence-corrected chi connectivity index (χ2v) is 14.1. The lowest BCUT2D eigenvalue weighted by Crippen LogP contribution is -2.57. The van der Waals surface area contributed by atoms with Crippen molar-refractivity contribution in [1.82, 2.24) is 9.80 Å². The van der Waals surface area contributed by atoms with Gasteiger partial charge in [0.1, 0.15) is 0 Å². The lowest BCUT2D eigenvalue weighted by molar-refractivity contribution is -0.0933. The Morgan fingerprint density at radius 1 is 0.650 bits per heavy atom. The van der Waals surface area contributed by atoms with Crippen LogP contribution in [0.1, 0.15) is 94.6 Å². The summed E-state index contributed by atoms with van der Waals surface area (Å²) in [5.41, 5.74) is 3.80. The quantitative estimate of drug-likeness (QED) is 0.307. The van der Waals surface area contributed by atoms with Gasteiger partial charge in [0.05, 0.1) is 0 Å². The fourth-order valence-electron chi connectivity index (χ4n) is 10.8. The molecule has 0 radical (unpaired) electrons. The van der Waals surface area contributed by atoms with Gasteiger partial charge in [-0.1, -0.05) is 79.9 Å². The van der Waals surface area contributed by atoms with Crippen LogP contribution in [0.15, 0.2) is 60.7 Å². The topological polar surface area (TPSA) is 6.48 Å². The van der Waals surface area contributed by atoms with Crippen molar-refractivity contribution in [2.24, 2.45) is 23.2 Å². The van der Waals surface area contributed by atoms with Crippen LogP contribution >= 0.6 is 24.8 Å². The zero-order chi connectivity index (χ0) is 25.4. The predicted molar refractivity (Wildman–Crippen MR) is 173 cm³/mol. The first-order valence-electron chi connectivity index (χ1n) is 16.3. The van der Waals surface area contributed by atoms with Crippen LogP contribution in [0, 0.1) is 23.2 Å². The summed E-state index contributed by atoms with van der Waals surface area (Å²) < 4.78 is 0. The lowest BCUT2D eigenvalue weighted by Gasteiger charge is -2.64. The van der Waals surface area contributed by atoms with Gasteiger partial charge in [0.2, 0.25) is 0 Å². The fraction of sp³-hybridized carbons (Fsp3) is 0.667. The van der Waals surface area contributed by atoms with E-state index in [1.165, 1.54) is 116 Å². The largest absolute Gasteiger partial charge is 0.301 e. The fourth-order valence-corrected chi connectivity index (χ4v) is 10.8. The van der Waals surface area contributed by atoms with Gasteiger partial charge in [-0.05, 0) is 105 Å². The van der Waals surface area contributed by atoms with Crippen LogP contribution in [0.25, 0.3) is 0 Å². The number of piperazine rings is 1. The van der Waals surface area contributed by atoms with E-state index in [1.807, 2.05) is 0 Å². The van der Waals surface area contributed by atoms with Crippen LogP contribution in [0.2, 0.25) is 0 Å². The molecule has 1 saturated heterocycles. The summed E-state index contributed by atoms with van der Waals surface area (Å²) in [5.74, 6) is 2.92. The van der Waals surface area contributed by atoms with Crippen molar-refractivity contribution in [2.75, 3.05) is 32.7 Å². The molecule has 0 unspecified atom stereocenters. The molecule has 40 heavy (non-hydrogen) atoms. The van der Waals surface area contributed by atoms with Crippen molar-refractivity contribution in [3.63, 3.8) is 0 Å². The normalized spacial score (nSPS) is 30.9. The second-order valence-electron chi connectivity index (χ2n) is 14.1. The second kappa shape index (κ2) is 13.1. The van der Waals surface area contributed by atoms with E-state index in [-0.39, 0.29) is 30.2 Å². The highest BCUT2D eigenvalue weighted by Gasteiger charge is 2.61. The van der Waals surface area contributed by atoms with Crippen LogP contribution in [0.5, 0.6) is 0 Å². The highest BCUT2D eigenvalue weighted by molar-refractivity contribution is 5.85. The molecule has 4 bridgehead atoms. The molecule has 0 N–H and O–H groups in total. The molecule has 2 aromatic rings. The van der Waals surface area contributed by atoms with E-state index in [0.717, 1.165) is 23.8 Å². The molecular weight excluding hydrogens is 531 g/mol. The molecule has 1 heterocycles. The first-order chi connectivity index (χ1) is 18.7. The summed E-state index contributed by atoms with van der Waals surface area (Å²) >= 11 is 0. The Balaban J connectivity index is 0.00000161. The number of hydrogen-bond donors (Lipinski definition) is 0. The molecule has 4 heteroatoms. The maximum absolute atomic E-state index is 2.84. The lowest BCUT2D eigenvalue weighted by atomic mass is 9.40. The Bertz CT molecular complexity index is 968. The van der Waals surface area contributed by atoms with Gasteiger partial charge in [0.25, 0.3) is 0 Å². The number of rotatable bonds is 8. The minimum Gasteiger partial charge on any atom is -0.301 e. The Morgan fingerprint density at radius 3 is 1.65 bits per heavy atom. The van der Waals surface area contributed by atoms with Crippen molar-refractivity contribution in [2.45, 2.75) is 94.9 Å². The maximum Gasteiger partial charge on any atom is 0.0259 e. The van der Waals surface area contributed by atoms with Crippen LogP contribution < -0.4 is 0 Å². The standard InChI is InChI=1S/C36H50N2.2ClH/c1-4-11-32(12-5-1)36(33-13-6-2-7-14-33,35-26-29-23-30(27-35)25-31(24-29)28-35)17-10-18-37-19-21-38(22-20-37)34-15-8-3-9-16-34;;/h1-2,4-7,11-14,29-31,34H,3,8-10,15-28H2;2*1H. The molecule has 6 fully saturated rings. The van der Waals surface area contributed by atoms with Crippen molar-refractivity contribution in [3.8, 4) is 0 Å². The average Bonchev–Trinajstić information content (AvgIpc) is 2.96. The minimum atomic E-state index is 0. The van der Waals surface area contributed by atoms with Crippen LogP contribution in [0.3, 0.4) is 0 Å². The van der Waals surface area contributed by atoms with E-state index < -0.39 is 0 Å². The summed E-state index contributed by atoms with van der Waals surface area (Å²) in [6, 6.07) is 24.6. The molecule has 1 aliphatic heterocycles. The summed E-state index contributed by atoms with van der Waals surface area (Å²) in [4.78, 5) is 5.64. The van der Waals surface area contributed by atoms with Gasteiger partial charge in [-0.25, -0.2) is 0 Å². The minimum absolute atomic E-state index is 0. The molecule has 2 nitrogen and oxygen atoms in total. The van der Waals surface area contributed by atoms with E-state index in [1.54, 1.807) is 11.1 Å². The van der Waals surface area contributed by atoms with Crippen molar-refractivity contribution < 1.29 is 0 Å². The van der Waals surface area contributed by atoms with E-state index >= 15 is 0 Å². The van der Waals surface area contributed by atoms with Crippen LogP contribution in [-0.4, -0.2) is 48.6 Å². The maximum atomic E-state index is 2.84. The van der Waals surface area contributed by atoms with E-state index in [9.17, 15) is 0 Å². The molecule has 0 amide bonds. The molecule has 0 spiro atoms. The van der Waals surface area contributed by atoms with Gasteiger partial charge in [-0.3, -0.25) is 4.90 Å². The van der Waals surface area contributed by atoms with Gasteiger partial charge >= 0.3 is 0 Å². The van der Waals surface area contributed by atoms with Crippen molar-refractivity contribution in [1.29, 1.82) is 0 Å². The third kappa shape index (κ3) is 5.64. The summed E-state index contributed by atoms with van der Waals surface area (Å²) in [5, 5.41) is 0. The Morgan fingerprint density at radius 2 is 1.15 bits per heavy atom. The van der Waals surface area contributed by atoms with Crippen LogP contribution in [0.4, 0.5) is 0 Å². The predicted octanol–water partition coefficient (Wildman–Crippen LogP) is 8.76. The van der Waals surface area contributed by atoms with Gasteiger partial charge in [-0.2, -0.15) is 0 Å². The number of hydrogen-bond acceptors (Lipinski definition) is 2. The highest BCUT2D eigenvalue weighted by Crippen LogP contribution is 2.69. The number of nitrogens with zero attached hydrogens (tertiary/aromatic N) is 2. The first kappa shape index (κ1) is 30.4. The third-order valence-electron chi connectivity index (χ3n) is 12.0. The Hall–Kier alpha value is -1.06. The smallest absolute Gasteiger partial charge is 0.0259 e. The number of benzene rings is 2. The number of halogens is 2. The zero-order valence-electron chi connectivity index (χ0n) is 24.5. The van der Waals surface area contributed by atoms with E-state index in [0.29, 0.717) is 5.41 Å². The summed E-state index contributed by atoms with van der Waals surface area (Å²) in [6.45, 7) is 6.41. The Kier molecular flexibility index (Phi) is 9.93. The van der Waals surface area contributed by atoms with Crippen molar-refractivity contribution >= 4 is 24.8 Å². The van der Waals surface area contributed by atoms with Gasteiger partial charge < -0.3 is 4.90 Å². The molecule has 2 aromatic carbocycles. The van der Waals surface area contributed by atoms with Gasteiger partial charge in [0, 0.05) is 37.6 Å². The Labute approximate surface area is 256 Å². The summed E-state index contributed by atoms with van der Waals surface area (Å²) in [6.07, 6.45) is 18.8. The van der Waals surface area contributed by atoms with Crippen molar-refractivity contribution in [3.05, 3.63) is 71.8 Å². The zero-order valence-corrected chi connectivity index (χ0v) is 26.2. The molecule has 220 valence electrons. The molecule has 5 saturated carbocycles. The third-order valence-corrected chi connectivity index (χ3v) is 12.0. The van der Waals surface area contributed by atoms with E-state index in [4.69, 9.17) is 0 Å². The highest BCUT2D eigenvalue weighted by atomic mass is 35.5. The molecule has 8 rings (SSSR count).